The van der Waals surface area contributed by atoms with E-state index in [0.29, 0.717) is 31.2 Å². The van der Waals surface area contributed by atoms with E-state index in [2.05, 4.69) is 10.3 Å². The van der Waals surface area contributed by atoms with Gasteiger partial charge in [0.05, 0.1) is 22.8 Å². The summed E-state index contributed by atoms with van der Waals surface area (Å²) in [7, 11) is 0. The van der Waals surface area contributed by atoms with Gasteiger partial charge in [-0.25, -0.2) is 14.6 Å². The molecule has 2 bridgehead atoms. The van der Waals surface area contributed by atoms with Crippen molar-refractivity contribution < 1.29 is 13.6 Å². The second kappa shape index (κ2) is 5.25. The number of aryl methyl sites for hydroxylation is 1. The van der Waals surface area contributed by atoms with Crippen molar-refractivity contribution in [2.45, 2.75) is 63.1 Å². The second-order valence-electron chi connectivity index (χ2n) is 8.43. The number of aromatic nitrogens is 3. The summed E-state index contributed by atoms with van der Waals surface area (Å²) in [4.78, 5) is 29.4. The molecule has 3 fully saturated rings. The average molecular weight is 382 g/mol. The van der Waals surface area contributed by atoms with Crippen molar-refractivity contribution in [2.75, 3.05) is 0 Å². The molecule has 0 aromatic carbocycles. The molecule has 2 aromatic rings. The van der Waals surface area contributed by atoms with Crippen LogP contribution in [-0.2, 0) is 17.3 Å². The van der Waals surface area contributed by atoms with E-state index in [1.54, 1.807) is 20.8 Å². The Bertz CT molecular complexity index is 1060. The topological polar surface area (TPSA) is 78.2 Å². The number of hydrogen-bond acceptors (Lipinski definition) is 4. The third-order valence-corrected chi connectivity index (χ3v) is 5.54. The van der Waals surface area contributed by atoms with Crippen LogP contribution in [0.4, 0.5) is 4.79 Å². The molecule has 2 aromatic heterocycles. The number of nitrogens with zero attached hydrogens (tertiary/aromatic N) is 3. The maximum absolute atomic E-state index is 13.2. The molecule has 1 amide bonds. The van der Waals surface area contributed by atoms with Gasteiger partial charge >= 0.3 is 11.8 Å². The molecule has 0 spiro atoms. The van der Waals surface area contributed by atoms with E-state index in [1.807, 2.05) is 0 Å². The van der Waals surface area contributed by atoms with Crippen LogP contribution in [0.15, 0.2) is 17.1 Å². The van der Waals surface area contributed by atoms with Gasteiger partial charge in [0.1, 0.15) is 10.8 Å². The molecule has 0 radical (unpaired) electrons. The van der Waals surface area contributed by atoms with Gasteiger partial charge in [-0.1, -0.05) is 11.6 Å². The molecule has 7 nitrogen and oxygen atoms in total. The van der Waals surface area contributed by atoms with Crippen LogP contribution < -0.4 is 11.0 Å². The van der Waals surface area contributed by atoms with E-state index >= 15 is 0 Å². The fourth-order valence-electron chi connectivity index (χ4n) is 4.50. The largest absolute Gasteiger partial charge is 0.444 e. The number of hydrogen-bond donors (Lipinski definition) is 1. The highest BCUT2D eigenvalue weighted by molar-refractivity contribution is 6.29. The van der Waals surface area contributed by atoms with E-state index in [1.165, 1.54) is 16.8 Å². The zero-order chi connectivity index (χ0) is 21.4. The molecule has 0 atom stereocenters. The number of halogens is 1. The molecule has 3 aliphatic carbocycles. The van der Waals surface area contributed by atoms with E-state index in [0.717, 1.165) is 4.57 Å². The Morgan fingerprint density at radius 2 is 2.12 bits per heavy atom. The number of carbonyl (C=O) groups excluding carboxylic acids is 1. The summed E-state index contributed by atoms with van der Waals surface area (Å²) in [6, 6.07) is 1.52. The number of pyridine rings is 1. The summed E-state index contributed by atoms with van der Waals surface area (Å²) in [6.07, 6.45) is 3.20. The van der Waals surface area contributed by atoms with Crippen LogP contribution in [0.5, 0.6) is 0 Å². The summed E-state index contributed by atoms with van der Waals surface area (Å²) >= 11 is 6.04. The normalized spacial score (nSPS) is 29.6. The Morgan fingerprint density at radius 1 is 1.38 bits per heavy atom. The lowest BCUT2D eigenvalue weighted by molar-refractivity contribution is 0.0299. The first-order valence-corrected chi connectivity index (χ1v) is 8.94. The van der Waals surface area contributed by atoms with Crippen LogP contribution in [0.1, 0.15) is 50.6 Å². The number of alkyl carbamates (subject to hydrolysis) is 1. The Labute approximate surface area is 160 Å². The van der Waals surface area contributed by atoms with Crippen LogP contribution in [0.25, 0.3) is 11.0 Å². The molecular formula is C18H23ClN4O3. The van der Waals surface area contributed by atoms with Gasteiger partial charge in [-0.15, -0.1) is 0 Å². The smallest absolute Gasteiger partial charge is 0.408 e. The molecule has 1 N–H and O–H groups in total. The van der Waals surface area contributed by atoms with E-state index in [-0.39, 0.29) is 10.7 Å². The number of nitrogens with one attached hydrogen (secondary N) is 1. The number of rotatable bonds is 2. The van der Waals surface area contributed by atoms with Gasteiger partial charge in [0.25, 0.3) is 0 Å². The average Bonchev–Trinajstić information content (AvgIpc) is 3.10. The SMILES string of the molecule is [2H]C([2H])([2H])n1c(=O)n(C23CCC(NC(=O)OC(C)(C)C)(C2)C3)c2cc(Cl)ncc21. The van der Waals surface area contributed by atoms with Crippen LogP contribution >= 0.6 is 11.6 Å². The monoisotopic (exact) mass is 381 g/mol. The minimum absolute atomic E-state index is 0.181. The zero-order valence-electron chi connectivity index (χ0n) is 17.9. The molecule has 5 rings (SSSR count). The number of amides is 1. The van der Waals surface area contributed by atoms with Crippen molar-refractivity contribution in [2.24, 2.45) is 6.98 Å². The van der Waals surface area contributed by atoms with Gasteiger partial charge < -0.3 is 10.1 Å². The minimum atomic E-state index is -2.64. The lowest BCUT2D eigenvalue weighted by Gasteiger charge is -2.48. The van der Waals surface area contributed by atoms with Crippen LogP contribution in [-0.4, -0.2) is 31.4 Å². The van der Waals surface area contributed by atoms with E-state index < -0.39 is 35.4 Å². The summed E-state index contributed by atoms with van der Waals surface area (Å²) in [5.74, 6) is 0. The number of carbonyl (C=O) groups is 1. The van der Waals surface area contributed by atoms with Gasteiger partial charge in [0, 0.05) is 22.7 Å². The third-order valence-electron chi connectivity index (χ3n) is 5.34. The van der Waals surface area contributed by atoms with Crippen LogP contribution in [0, 0.1) is 0 Å². The lowest BCUT2D eigenvalue weighted by atomic mass is 9.71. The minimum Gasteiger partial charge on any atom is -0.444 e. The Balaban J connectivity index is 1.71. The van der Waals surface area contributed by atoms with Crippen molar-refractivity contribution in [3.8, 4) is 0 Å². The third kappa shape index (κ3) is 2.52. The van der Waals surface area contributed by atoms with Crippen molar-refractivity contribution in [3.05, 3.63) is 27.9 Å². The standard InChI is InChI=1S/C18H23ClN4O3/c1-16(2,3)26-14(24)21-17-5-6-18(9-17,10-17)23-11-7-13(19)20-8-12(11)22(4)15(23)25/h7-8H,5-6,9-10H2,1-4H3,(H,21,24)/i4D3. The molecule has 3 saturated carbocycles. The number of ether oxygens (including phenoxy) is 1. The Morgan fingerprint density at radius 3 is 2.77 bits per heavy atom. The maximum Gasteiger partial charge on any atom is 0.408 e. The highest BCUT2D eigenvalue weighted by Crippen LogP contribution is 2.59. The van der Waals surface area contributed by atoms with Gasteiger partial charge in [-0.05, 0) is 46.5 Å². The molecule has 0 aliphatic heterocycles. The molecule has 8 heteroatoms. The Kier molecular flexibility index (Phi) is 2.85. The van der Waals surface area contributed by atoms with E-state index in [4.69, 9.17) is 20.5 Å². The molecule has 26 heavy (non-hydrogen) atoms. The molecule has 0 saturated heterocycles. The summed E-state index contributed by atoms with van der Waals surface area (Å²) < 4.78 is 31.0. The fraction of sp³-hybridized carbons (Fsp3) is 0.611. The van der Waals surface area contributed by atoms with Crippen LogP contribution in [0.2, 0.25) is 5.15 Å². The van der Waals surface area contributed by atoms with Gasteiger partial charge in [0.15, 0.2) is 0 Å². The molecule has 0 unspecified atom stereocenters. The second-order valence-corrected chi connectivity index (χ2v) is 8.82. The van der Waals surface area contributed by atoms with Crippen LogP contribution in [0.3, 0.4) is 0 Å². The zero-order valence-corrected chi connectivity index (χ0v) is 15.7. The molecular weight excluding hydrogens is 356 g/mol. The van der Waals surface area contributed by atoms with Crippen molar-refractivity contribution >= 4 is 28.7 Å². The highest BCUT2D eigenvalue weighted by atomic mass is 35.5. The van der Waals surface area contributed by atoms with Crippen molar-refractivity contribution in [1.29, 1.82) is 0 Å². The molecule has 3 aliphatic rings. The van der Waals surface area contributed by atoms with E-state index in [9.17, 15) is 9.59 Å². The predicted octanol–water partition coefficient (Wildman–Crippen LogP) is 2.93. The fourth-order valence-corrected chi connectivity index (χ4v) is 4.66. The predicted molar refractivity (Wildman–Crippen MR) is 98.5 cm³/mol. The van der Waals surface area contributed by atoms with Gasteiger partial charge in [-0.2, -0.15) is 0 Å². The Hall–Kier alpha value is -2.02. The first kappa shape index (κ1) is 14.1. The summed E-state index contributed by atoms with van der Waals surface area (Å²) in [6.45, 7) is 2.75. The summed E-state index contributed by atoms with van der Waals surface area (Å²) in [5.41, 5.74) is -1.57. The van der Waals surface area contributed by atoms with Gasteiger partial charge in [0.2, 0.25) is 0 Å². The van der Waals surface area contributed by atoms with Crippen molar-refractivity contribution in [1.82, 2.24) is 19.4 Å². The molecule has 140 valence electrons. The lowest BCUT2D eigenvalue weighted by Crippen LogP contribution is -2.61. The quantitative estimate of drug-likeness (QED) is 0.811. The number of imidazole rings is 1. The molecule has 2 heterocycles. The highest BCUT2D eigenvalue weighted by Gasteiger charge is 2.63. The maximum atomic E-state index is 13.2. The van der Waals surface area contributed by atoms with Crippen molar-refractivity contribution in [3.63, 3.8) is 0 Å². The summed E-state index contributed by atoms with van der Waals surface area (Å²) in [5, 5.41) is 3.14. The van der Waals surface area contributed by atoms with Gasteiger partial charge in [-0.3, -0.25) is 9.13 Å². The number of fused-ring (bicyclic) bond motifs is 2. The first-order chi connectivity index (χ1) is 13.3. The first-order valence-electron chi connectivity index (χ1n) is 10.1.